The molecule has 20 heavy (non-hydrogen) atoms. The molecule has 1 aromatic heterocycles. The van der Waals surface area contributed by atoms with Crippen molar-refractivity contribution in [1.82, 2.24) is 20.3 Å². The average Bonchev–Trinajstić information content (AvgIpc) is 2.86. The van der Waals surface area contributed by atoms with Crippen molar-refractivity contribution < 1.29 is 4.79 Å². The third-order valence-corrected chi connectivity index (χ3v) is 3.33. The highest BCUT2D eigenvalue weighted by Crippen LogP contribution is 2.08. The number of nitrogens with one attached hydrogen (secondary N) is 1. The van der Waals surface area contributed by atoms with Crippen LogP contribution in [0.25, 0.3) is 0 Å². The van der Waals surface area contributed by atoms with E-state index >= 15 is 0 Å². The SMILES string of the molecule is CCCCCC(C)NC(=O)Cn1cc(C(N)CC)nn1. The van der Waals surface area contributed by atoms with Crippen molar-refractivity contribution in [2.24, 2.45) is 5.73 Å². The molecule has 0 aliphatic carbocycles. The molecule has 1 heterocycles. The van der Waals surface area contributed by atoms with Gasteiger partial charge in [0.25, 0.3) is 0 Å². The van der Waals surface area contributed by atoms with Gasteiger partial charge in [0.05, 0.1) is 17.9 Å². The minimum atomic E-state index is -0.111. The Hall–Kier alpha value is -1.43. The number of hydrogen-bond donors (Lipinski definition) is 2. The van der Waals surface area contributed by atoms with Crippen molar-refractivity contribution in [2.75, 3.05) is 0 Å². The first-order chi connectivity index (χ1) is 9.56. The maximum atomic E-state index is 11.9. The normalized spacial score (nSPS) is 14.0. The summed E-state index contributed by atoms with van der Waals surface area (Å²) in [6.45, 7) is 6.40. The standard InChI is InChI=1S/C14H27N5O/c1-4-6-7-8-11(3)16-14(20)10-19-9-13(17-18-19)12(15)5-2/h9,11-12H,4-8,10,15H2,1-3H3,(H,16,20). The molecule has 2 atom stereocenters. The highest BCUT2D eigenvalue weighted by molar-refractivity contribution is 5.75. The molecule has 114 valence electrons. The van der Waals surface area contributed by atoms with Gasteiger partial charge in [-0.25, -0.2) is 4.68 Å². The molecule has 0 aliphatic rings. The minimum absolute atomic E-state index is 0.0319. The molecule has 0 spiro atoms. The van der Waals surface area contributed by atoms with Crippen LogP contribution < -0.4 is 11.1 Å². The first-order valence-corrected chi connectivity index (χ1v) is 7.51. The summed E-state index contributed by atoms with van der Waals surface area (Å²) in [5, 5.41) is 10.9. The van der Waals surface area contributed by atoms with E-state index in [4.69, 9.17) is 5.73 Å². The number of carbonyl (C=O) groups excluding carboxylic acids is 1. The first-order valence-electron chi connectivity index (χ1n) is 7.51. The molecule has 0 bridgehead atoms. The quantitative estimate of drug-likeness (QED) is 0.675. The van der Waals surface area contributed by atoms with Crippen LogP contribution in [-0.2, 0) is 11.3 Å². The largest absolute Gasteiger partial charge is 0.352 e. The van der Waals surface area contributed by atoms with E-state index in [1.54, 1.807) is 10.9 Å². The molecular formula is C14H27N5O. The van der Waals surface area contributed by atoms with Crippen molar-refractivity contribution >= 4 is 5.91 Å². The Morgan fingerprint density at radius 3 is 2.85 bits per heavy atom. The first kappa shape index (κ1) is 16.6. The summed E-state index contributed by atoms with van der Waals surface area (Å²) < 4.78 is 1.54. The van der Waals surface area contributed by atoms with Crippen LogP contribution in [0.3, 0.4) is 0 Å². The fraction of sp³-hybridized carbons (Fsp3) is 0.786. The van der Waals surface area contributed by atoms with Gasteiger partial charge in [-0.2, -0.15) is 0 Å². The fourth-order valence-corrected chi connectivity index (χ4v) is 2.01. The number of rotatable bonds is 9. The van der Waals surface area contributed by atoms with E-state index in [9.17, 15) is 4.79 Å². The van der Waals surface area contributed by atoms with Gasteiger partial charge in [-0.05, 0) is 19.8 Å². The zero-order chi connectivity index (χ0) is 15.0. The van der Waals surface area contributed by atoms with Crippen LogP contribution in [0, 0.1) is 0 Å². The molecule has 0 fully saturated rings. The van der Waals surface area contributed by atoms with Crippen LogP contribution in [0.5, 0.6) is 0 Å². The van der Waals surface area contributed by atoms with Crippen molar-refractivity contribution in [3.05, 3.63) is 11.9 Å². The summed E-state index contributed by atoms with van der Waals surface area (Å²) in [7, 11) is 0. The number of carbonyl (C=O) groups is 1. The zero-order valence-electron chi connectivity index (χ0n) is 12.8. The number of nitrogens with zero attached hydrogens (tertiary/aromatic N) is 3. The molecule has 0 saturated carbocycles. The van der Waals surface area contributed by atoms with Gasteiger partial charge in [0.1, 0.15) is 6.54 Å². The Kier molecular flexibility index (Phi) is 7.22. The predicted octanol–water partition coefficient (Wildman–Crippen LogP) is 1.77. The summed E-state index contributed by atoms with van der Waals surface area (Å²) in [4.78, 5) is 11.9. The van der Waals surface area contributed by atoms with E-state index in [0.717, 1.165) is 25.0 Å². The lowest BCUT2D eigenvalue weighted by molar-refractivity contribution is -0.122. The van der Waals surface area contributed by atoms with Crippen LogP contribution >= 0.6 is 0 Å². The number of nitrogens with two attached hydrogens (primary N) is 1. The Labute approximate surface area is 121 Å². The lowest BCUT2D eigenvalue weighted by atomic mass is 10.1. The fourth-order valence-electron chi connectivity index (χ4n) is 2.01. The zero-order valence-corrected chi connectivity index (χ0v) is 12.8. The molecule has 2 unspecified atom stereocenters. The van der Waals surface area contributed by atoms with Gasteiger partial charge < -0.3 is 11.1 Å². The van der Waals surface area contributed by atoms with Crippen LogP contribution in [0.4, 0.5) is 0 Å². The van der Waals surface area contributed by atoms with E-state index in [-0.39, 0.29) is 24.5 Å². The van der Waals surface area contributed by atoms with Crippen molar-refractivity contribution in [2.45, 2.75) is 71.5 Å². The molecule has 1 rings (SSSR count). The van der Waals surface area contributed by atoms with E-state index in [0.29, 0.717) is 0 Å². The Morgan fingerprint density at radius 2 is 2.20 bits per heavy atom. The number of hydrogen-bond acceptors (Lipinski definition) is 4. The molecule has 6 heteroatoms. The van der Waals surface area contributed by atoms with E-state index in [1.807, 2.05) is 13.8 Å². The number of unbranched alkanes of at least 4 members (excludes halogenated alkanes) is 2. The Bertz CT molecular complexity index is 404. The minimum Gasteiger partial charge on any atom is -0.352 e. The smallest absolute Gasteiger partial charge is 0.242 e. The Morgan fingerprint density at radius 1 is 1.45 bits per heavy atom. The van der Waals surface area contributed by atoms with E-state index < -0.39 is 0 Å². The van der Waals surface area contributed by atoms with Gasteiger partial charge in [-0.1, -0.05) is 38.3 Å². The molecule has 1 amide bonds. The molecule has 3 N–H and O–H groups in total. The third kappa shape index (κ3) is 5.69. The van der Waals surface area contributed by atoms with Crippen LogP contribution in [0.2, 0.25) is 0 Å². The number of amides is 1. The lowest BCUT2D eigenvalue weighted by Gasteiger charge is -2.13. The third-order valence-electron chi connectivity index (χ3n) is 3.33. The summed E-state index contributed by atoms with van der Waals surface area (Å²) >= 11 is 0. The van der Waals surface area contributed by atoms with E-state index in [1.165, 1.54) is 12.8 Å². The highest BCUT2D eigenvalue weighted by Gasteiger charge is 2.11. The Balaban J connectivity index is 2.36. The van der Waals surface area contributed by atoms with Crippen molar-refractivity contribution in [1.29, 1.82) is 0 Å². The van der Waals surface area contributed by atoms with Gasteiger partial charge in [0, 0.05) is 6.04 Å². The summed E-state index contributed by atoms with van der Waals surface area (Å²) in [5.74, 6) is -0.0319. The molecule has 0 saturated heterocycles. The molecule has 0 aromatic carbocycles. The second kappa shape index (κ2) is 8.68. The predicted molar refractivity (Wildman–Crippen MR) is 79.0 cm³/mol. The van der Waals surface area contributed by atoms with Gasteiger partial charge in [0.15, 0.2) is 0 Å². The van der Waals surface area contributed by atoms with E-state index in [2.05, 4.69) is 22.6 Å². The van der Waals surface area contributed by atoms with Crippen LogP contribution in [0.15, 0.2) is 6.20 Å². The van der Waals surface area contributed by atoms with Crippen LogP contribution in [0.1, 0.15) is 64.6 Å². The molecule has 0 radical (unpaired) electrons. The van der Waals surface area contributed by atoms with Gasteiger partial charge in [0.2, 0.25) is 5.91 Å². The molecular weight excluding hydrogens is 254 g/mol. The van der Waals surface area contributed by atoms with Crippen molar-refractivity contribution in [3.8, 4) is 0 Å². The molecule has 6 nitrogen and oxygen atoms in total. The summed E-state index contributed by atoms with van der Waals surface area (Å²) in [5.41, 5.74) is 6.60. The lowest BCUT2D eigenvalue weighted by Crippen LogP contribution is -2.35. The van der Waals surface area contributed by atoms with Gasteiger partial charge in [-0.3, -0.25) is 4.79 Å². The summed E-state index contributed by atoms with van der Waals surface area (Å²) in [6.07, 6.45) is 7.12. The van der Waals surface area contributed by atoms with Crippen LogP contribution in [-0.4, -0.2) is 26.9 Å². The monoisotopic (exact) mass is 281 g/mol. The second-order valence-electron chi connectivity index (χ2n) is 5.32. The molecule has 1 aromatic rings. The average molecular weight is 281 g/mol. The number of aromatic nitrogens is 3. The highest BCUT2D eigenvalue weighted by atomic mass is 16.2. The van der Waals surface area contributed by atoms with Gasteiger partial charge in [-0.15, -0.1) is 5.10 Å². The summed E-state index contributed by atoms with van der Waals surface area (Å²) in [6, 6.07) is 0.0923. The topological polar surface area (TPSA) is 85.8 Å². The second-order valence-corrected chi connectivity index (χ2v) is 5.32. The maximum Gasteiger partial charge on any atom is 0.242 e. The maximum absolute atomic E-state index is 11.9. The van der Waals surface area contributed by atoms with Crippen molar-refractivity contribution in [3.63, 3.8) is 0 Å². The molecule has 0 aliphatic heterocycles. The van der Waals surface area contributed by atoms with Gasteiger partial charge >= 0.3 is 0 Å².